The minimum Gasteiger partial charge on any atom is -0.370 e. The maximum absolute atomic E-state index is 10.4. The van der Waals surface area contributed by atoms with Crippen LogP contribution in [-0.4, -0.2) is 18.9 Å². The lowest BCUT2D eigenvalue weighted by atomic mass is 10.3. The van der Waals surface area contributed by atoms with Crippen molar-refractivity contribution in [2.24, 2.45) is 5.73 Å². The van der Waals surface area contributed by atoms with Crippen molar-refractivity contribution >= 4 is 11.8 Å². The quantitative estimate of drug-likeness (QED) is 0.611. The molecule has 0 radical (unpaired) electrons. The second kappa shape index (κ2) is 8.94. The Morgan fingerprint density at radius 2 is 1.73 bits per heavy atom. The summed E-state index contributed by atoms with van der Waals surface area (Å²) in [6.45, 7) is 4.00. The predicted molar refractivity (Wildman–Crippen MR) is 43.8 cm³/mol. The lowest BCUT2D eigenvalue weighted by molar-refractivity contribution is -0.124. The van der Waals surface area contributed by atoms with Gasteiger partial charge in [-0.1, -0.05) is 13.8 Å². The SMILES string of the molecule is CC.CNC(=O)CCC(N)=O. The molecule has 0 aromatic rings. The summed E-state index contributed by atoms with van der Waals surface area (Å²) in [4.78, 5) is 20.5. The normalized spacial score (nSPS) is 7.55. The molecule has 4 heteroatoms. The van der Waals surface area contributed by atoms with Gasteiger partial charge in [-0.3, -0.25) is 9.59 Å². The molecule has 0 fully saturated rings. The number of carbonyl (C=O) groups is 2. The highest BCUT2D eigenvalue weighted by molar-refractivity contribution is 5.82. The van der Waals surface area contributed by atoms with E-state index in [0.29, 0.717) is 0 Å². The first-order chi connectivity index (χ1) is 5.16. The molecule has 0 rings (SSSR count). The molecule has 2 amide bonds. The van der Waals surface area contributed by atoms with Crippen molar-refractivity contribution in [2.45, 2.75) is 26.7 Å². The van der Waals surface area contributed by atoms with Crippen LogP contribution in [0, 0.1) is 0 Å². The first kappa shape index (κ1) is 12.6. The molecule has 0 spiro atoms. The van der Waals surface area contributed by atoms with Gasteiger partial charge in [0.25, 0.3) is 0 Å². The number of nitrogens with one attached hydrogen (secondary N) is 1. The van der Waals surface area contributed by atoms with E-state index in [4.69, 9.17) is 5.73 Å². The molecule has 0 saturated heterocycles. The molecule has 0 aromatic heterocycles. The molecule has 0 heterocycles. The number of primary amides is 1. The van der Waals surface area contributed by atoms with E-state index in [0.717, 1.165) is 0 Å². The molecule has 0 aliphatic heterocycles. The van der Waals surface area contributed by atoms with Crippen LogP contribution in [-0.2, 0) is 9.59 Å². The standard InChI is InChI=1S/C5H10N2O2.C2H6/c1-7-5(9)3-2-4(6)8;1-2/h2-3H2,1H3,(H2,6,8)(H,7,9);1-2H3. The van der Waals surface area contributed by atoms with Gasteiger partial charge in [-0.15, -0.1) is 0 Å². The van der Waals surface area contributed by atoms with Crippen LogP contribution in [0.2, 0.25) is 0 Å². The van der Waals surface area contributed by atoms with E-state index in [1.54, 1.807) is 0 Å². The van der Waals surface area contributed by atoms with E-state index in [9.17, 15) is 9.59 Å². The number of nitrogens with two attached hydrogens (primary N) is 1. The van der Waals surface area contributed by atoms with Gasteiger partial charge in [-0.05, 0) is 0 Å². The Hall–Kier alpha value is -1.06. The molecule has 4 nitrogen and oxygen atoms in total. The Kier molecular flexibility index (Phi) is 10.2. The third-order valence-corrected chi connectivity index (χ3v) is 0.877. The maximum atomic E-state index is 10.4. The summed E-state index contributed by atoms with van der Waals surface area (Å²) in [6, 6.07) is 0. The Morgan fingerprint density at radius 1 is 1.27 bits per heavy atom. The molecule has 0 aliphatic carbocycles. The van der Waals surface area contributed by atoms with Crippen molar-refractivity contribution in [1.82, 2.24) is 5.32 Å². The molecular formula is C7H16N2O2. The van der Waals surface area contributed by atoms with Gasteiger partial charge in [0.15, 0.2) is 0 Å². The minimum atomic E-state index is -0.446. The number of hydrogen-bond acceptors (Lipinski definition) is 2. The van der Waals surface area contributed by atoms with E-state index in [-0.39, 0.29) is 18.7 Å². The smallest absolute Gasteiger partial charge is 0.220 e. The predicted octanol–water partition coefficient (Wildman–Crippen LogP) is 0.0241. The third kappa shape index (κ3) is 12.2. The molecule has 0 bridgehead atoms. The monoisotopic (exact) mass is 160 g/mol. The van der Waals surface area contributed by atoms with Crippen molar-refractivity contribution in [2.75, 3.05) is 7.05 Å². The van der Waals surface area contributed by atoms with Gasteiger partial charge in [0.1, 0.15) is 0 Å². The zero-order valence-electron chi connectivity index (χ0n) is 7.31. The summed E-state index contributed by atoms with van der Waals surface area (Å²) in [5.41, 5.74) is 4.78. The Bertz CT molecular complexity index is 124. The summed E-state index contributed by atoms with van der Waals surface area (Å²) in [5, 5.41) is 2.37. The molecule has 11 heavy (non-hydrogen) atoms. The summed E-state index contributed by atoms with van der Waals surface area (Å²) in [7, 11) is 1.52. The lowest BCUT2D eigenvalue weighted by Gasteiger charge is -1.93. The van der Waals surface area contributed by atoms with Crippen LogP contribution in [0.1, 0.15) is 26.7 Å². The van der Waals surface area contributed by atoms with Gasteiger partial charge < -0.3 is 11.1 Å². The molecule has 0 aromatic carbocycles. The van der Waals surface area contributed by atoms with E-state index in [1.807, 2.05) is 13.8 Å². The highest BCUT2D eigenvalue weighted by Crippen LogP contribution is 1.84. The topological polar surface area (TPSA) is 72.2 Å². The van der Waals surface area contributed by atoms with E-state index < -0.39 is 5.91 Å². The number of carbonyl (C=O) groups excluding carboxylic acids is 2. The van der Waals surface area contributed by atoms with Crippen LogP contribution in [0.25, 0.3) is 0 Å². The average Bonchev–Trinajstić information content (AvgIpc) is 2.04. The van der Waals surface area contributed by atoms with Gasteiger partial charge in [-0.25, -0.2) is 0 Å². The van der Waals surface area contributed by atoms with Crippen molar-refractivity contribution in [1.29, 1.82) is 0 Å². The molecule has 0 aliphatic rings. The van der Waals surface area contributed by atoms with Gasteiger partial charge in [0.05, 0.1) is 0 Å². The van der Waals surface area contributed by atoms with E-state index >= 15 is 0 Å². The molecule has 0 unspecified atom stereocenters. The fourth-order valence-electron chi connectivity index (χ4n) is 0.362. The molecule has 0 atom stereocenters. The number of amides is 2. The van der Waals surface area contributed by atoms with Crippen LogP contribution in [0.4, 0.5) is 0 Å². The lowest BCUT2D eigenvalue weighted by Crippen LogP contribution is -2.20. The summed E-state index contributed by atoms with van der Waals surface area (Å²) in [5.74, 6) is -0.604. The van der Waals surface area contributed by atoms with Gasteiger partial charge in [0.2, 0.25) is 11.8 Å². The highest BCUT2D eigenvalue weighted by atomic mass is 16.2. The van der Waals surface area contributed by atoms with Crippen LogP contribution in [0.3, 0.4) is 0 Å². The van der Waals surface area contributed by atoms with Crippen molar-refractivity contribution in [3.63, 3.8) is 0 Å². The molecule has 66 valence electrons. The second-order valence-electron chi connectivity index (χ2n) is 1.64. The second-order valence-corrected chi connectivity index (χ2v) is 1.64. The van der Waals surface area contributed by atoms with Gasteiger partial charge in [0, 0.05) is 19.9 Å². The summed E-state index contributed by atoms with van der Waals surface area (Å²) >= 11 is 0. The fraction of sp³-hybridized carbons (Fsp3) is 0.714. The van der Waals surface area contributed by atoms with Crippen molar-refractivity contribution in [3.8, 4) is 0 Å². The first-order valence-electron chi connectivity index (χ1n) is 3.65. The Labute approximate surface area is 67.1 Å². The van der Waals surface area contributed by atoms with Crippen LogP contribution < -0.4 is 11.1 Å². The van der Waals surface area contributed by atoms with Gasteiger partial charge >= 0.3 is 0 Å². The summed E-state index contributed by atoms with van der Waals surface area (Å²) < 4.78 is 0. The van der Waals surface area contributed by atoms with Crippen LogP contribution in [0.5, 0.6) is 0 Å². The fourth-order valence-corrected chi connectivity index (χ4v) is 0.362. The average molecular weight is 160 g/mol. The zero-order chi connectivity index (χ0) is 9.28. The zero-order valence-corrected chi connectivity index (χ0v) is 7.31. The van der Waals surface area contributed by atoms with Gasteiger partial charge in [-0.2, -0.15) is 0 Å². The Morgan fingerprint density at radius 3 is 2.00 bits per heavy atom. The minimum absolute atomic E-state index is 0.125. The van der Waals surface area contributed by atoms with E-state index in [2.05, 4.69) is 5.32 Å². The van der Waals surface area contributed by atoms with Crippen molar-refractivity contribution < 1.29 is 9.59 Å². The number of rotatable bonds is 3. The van der Waals surface area contributed by atoms with E-state index in [1.165, 1.54) is 7.05 Å². The largest absolute Gasteiger partial charge is 0.370 e. The number of hydrogen-bond donors (Lipinski definition) is 2. The Balaban J connectivity index is 0. The highest BCUT2D eigenvalue weighted by Gasteiger charge is 1.99. The molecule has 3 N–H and O–H groups in total. The molecule has 0 saturated carbocycles. The maximum Gasteiger partial charge on any atom is 0.220 e. The summed E-state index contributed by atoms with van der Waals surface area (Å²) in [6.07, 6.45) is 0.311. The molecular weight excluding hydrogens is 144 g/mol. The van der Waals surface area contributed by atoms with Crippen LogP contribution in [0.15, 0.2) is 0 Å². The van der Waals surface area contributed by atoms with Crippen LogP contribution >= 0.6 is 0 Å². The first-order valence-corrected chi connectivity index (χ1v) is 3.65. The third-order valence-electron chi connectivity index (χ3n) is 0.877. The van der Waals surface area contributed by atoms with Crippen molar-refractivity contribution in [3.05, 3.63) is 0 Å².